The van der Waals surface area contributed by atoms with Crippen LogP contribution in [0.2, 0.25) is 0 Å². The number of furan rings is 1. The number of rotatable bonds is 6. The Kier molecular flexibility index (Phi) is 5.71. The summed E-state index contributed by atoms with van der Waals surface area (Å²) in [5, 5.41) is 3.04. The largest absolute Gasteiger partial charge is 0.489 e. The normalized spacial score (nSPS) is 20.2. The van der Waals surface area contributed by atoms with Crippen molar-refractivity contribution in [3.63, 3.8) is 0 Å². The Morgan fingerprint density at radius 1 is 1.28 bits per heavy atom. The Balaban J connectivity index is 1.47. The van der Waals surface area contributed by atoms with Gasteiger partial charge in [0.15, 0.2) is 5.76 Å². The molecule has 1 fully saturated rings. The number of hydrogen-bond donors (Lipinski definition) is 1. The third-order valence-electron chi connectivity index (χ3n) is 4.43. The van der Waals surface area contributed by atoms with Gasteiger partial charge >= 0.3 is 0 Å². The van der Waals surface area contributed by atoms with Gasteiger partial charge in [0.25, 0.3) is 5.91 Å². The molecule has 0 atom stereocenters. The van der Waals surface area contributed by atoms with Crippen LogP contribution >= 0.6 is 0 Å². The molecule has 0 aromatic carbocycles. The number of pyridine rings is 1. The maximum atomic E-state index is 12.3. The summed E-state index contributed by atoms with van der Waals surface area (Å²) in [4.78, 5) is 16.5. The molecule has 134 valence electrons. The summed E-state index contributed by atoms with van der Waals surface area (Å²) >= 11 is 0. The van der Waals surface area contributed by atoms with Gasteiger partial charge in [-0.1, -0.05) is 0 Å². The lowest BCUT2D eigenvalue weighted by atomic mass is 9.93. The summed E-state index contributed by atoms with van der Waals surface area (Å²) in [7, 11) is 1.59. The predicted molar refractivity (Wildman–Crippen MR) is 92.5 cm³/mol. The van der Waals surface area contributed by atoms with E-state index >= 15 is 0 Å². The first kappa shape index (κ1) is 17.5. The monoisotopic (exact) mass is 344 g/mol. The van der Waals surface area contributed by atoms with E-state index in [9.17, 15) is 4.79 Å². The van der Waals surface area contributed by atoms with Crippen LogP contribution in [0.15, 0.2) is 34.9 Å². The van der Waals surface area contributed by atoms with E-state index in [-0.39, 0.29) is 18.1 Å². The minimum Gasteiger partial charge on any atom is -0.489 e. The molecule has 2 heterocycles. The van der Waals surface area contributed by atoms with Crippen LogP contribution in [0.25, 0.3) is 0 Å². The number of carbonyl (C=O) groups is 1. The zero-order valence-corrected chi connectivity index (χ0v) is 14.7. The molecule has 6 heteroatoms. The lowest BCUT2D eigenvalue weighted by molar-refractivity contribution is 0.0858. The second-order valence-corrected chi connectivity index (χ2v) is 6.35. The van der Waals surface area contributed by atoms with Crippen molar-refractivity contribution in [3.8, 4) is 5.75 Å². The van der Waals surface area contributed by atoms with Crippen LogP contribution in [0.4, 0.5) is 0 Å². The standard InChI is InChI=1S/C19H24N2O4/c1-13-17(4-3-11-20-13)24-15-7-5-14(6-8-15)21-19(22)18-10-9-16(25-18)12-23-2/h3-4,9-11,14-15H,5-8,12H2,1-2H3,(H,21,22). The van der Waals surface area contributed by atoms with Crippen LogP contribution in [0.5, 0.6) is 5.75 Å². The van der Waals surface area contributed by atoms with Crippen molar-refractivity contribution in [2.24, 2.45) is 0 Å². The SMILES string of the molecule is COCc1ccc(C(=O)NC2CCC(Oc3cccnc3C)CC2)o1. The molecular weight excluding hydrogens is 320 g/mol. The molecule has 1 amide bonds. The third kappa shape index (κ3) is 4.60. The van der Waals surface area contributed by atoms with Crippen molar-refractivity contribution < 1.29 is 18.7 Å². The van der Waals surface area contributed by atoms with E-state index in [1.165, 1.54) is 0 Å². The van der Waals surface area contributed by atoms with E-state index in [1.54, 1.807) is 25.4 Å². The first-order valence-electron chi connectivity index (χ1n) is 8.62. The van der Waals surface area contributed by atoms with Crippen molar-refractivity contribution in [2.45, 2.75) is 51.4 Å². The molecule has 6 nitrogen and oxygen atoms in total. The number of nitrogens with zero attached hydrogens (tertiary/aromatic N) is 1. The Morgan fingerprint density at radius 3 is 2.80 bits per heavy atom. The Bertz CT molecular complexity index is 705. The van der Waals surface area contributed by atoms with Crippen LogP contribution in [0.1, 0.15) is 47.7 Å². The number of aryl methyl sites for hydroxylation is 1. The quantitative estimate of drug-likeness (QED) is 0.871. The Labute approximate surface area is 147 Å². The minimum atomic E-state index is -0.171. The zero-order valence-electron chi connectivity index (χ0n) is 14.7. The van der Waals surface area contributed by atoms with E-state index in [2.05, 4.69) is 10.3 Å². The molecule has 0 saturated heterocycles. The van der Waals surface area contributed by atoms with Crippen LogP contribution in [0.3, 0.4) is 0 Å². The maximum Gasteiger partial charge on any atom is 0.287 e. The van der Waals surface area contributed by atoms with Crippen molar-refractivity contribution in [1.29, 1.82) is 0 Å². The Hall–Kier alpha value is -2.34. The van der Waals surface area contributed by atoms with Crippen molar-refractivity contribution in [3.05, 3.63) is 47.7 Å². The topological polar surface area (TPSA) is 73.6 Å². The van der Waals surface area contributed by atoms with Gasteiger partial charge in [-0.25, -0.2) is 0 Å². The van der Waals surface area contributed by atoms with Gasteiger partial charge in [0.2, 0.25) is 0 Å². The number of nitrogens with one attached hydrogen (secondary N) is 1. The first-order chi connectivity index (χ1) is 12.2. The van der Waals surface area contributed by atoms with Crippen molar-refractivity contribution in [2.75, 3.05) is 7.11 Å². The highest BCUT2D eigenvalue weighted by Crippen LogP contribution is 2.25. The van der Waals surface area contributed by atoms with Gasteiger partial charge in [0, 0.05) is 19.3 Å². The molecule has 2 aromatic rings. The molecule has 0 aliphatic heterocycles. The fourth-order valence-corrected chi connectivity index (χ4v) is 3.07. The molecule has 1 N–H and O–H groups in total. The van der Waals surface area contributed by atoms with Crippen LogP contribution < -0.4 is 10.1 Å². The van der Waals surface area contributed by atoms with Gasteiger partial charge in [-0.2, -0.15) is 0 Å². The van der Waals surface area contributed by atoms with E-state index in [1.807, 2.05) is 19.1 Å². The fourth-order valence-electron chi connectivity index (χ4n) is 3.07. The number of aromatic nitrogens is 1. The van der Waals surface area contributed by atoms with Crippen molar-refractivity contribution >= 4 is 5.91 Å². The smallest absolute Gasteiger partial charge is 0.287 e. The fraction of sp³-hybridized carbons (Fsp3) is 0.474. The van der Waals surface area contributed by atoms with Crippen LogP contribution in [-0.4, -0.2) is 30.1 Å². The summed E-state index contributed by atoms with van der Waals surface area (Å²) in [6.45, 7) is 2.31. The van der Waals surface area contributed by atoms with Crippen molar-refractivity contribution in [1.82, 2.24) is 10.3 Å². The van der Waals surface area contributed by atoms with E-state index in [0.717, 1.165) is 37.1 Å². The molecule has 1 aliphatic rings. The molecule has 2 aromatic heterocycles. The van der Waals surface area contributed by atoms with Gasteiger partial charge in [-0.15, -0.1) is 0 Å². The number of ether oxygens (including phenoxy) is 2. The predicted octanol–water partition coefficient (Wildman–Crippen LogP) is 3.25. The second kappa shape index (κ2) is 8.16. The maximum absolute atomic E-state index is 12.3. The third-order valence-corrected chi connectivity index (χ3v) is 4.43. The number of hydrogen-bond acceptors (Lipinski definition) is 5. The van der Waals surface area contributed by atoms with Crippen LogP contribution in [-0.2, 0) is 11.3 Å². The van der Waals surface area contributed by atoms with Crippen LogP contribution in [0, 0.1) is 6.92 Å². The molecule has 1 aliphatic carbocycles. The highest BCUT2D eigenvalue weighted by molar-refractivity contribution is 5.91. The molecule has 25 heavy (non-hydrogen) atoms. The molecule has 0 unspecified atom stereocenters. The Morgan fingerprint density at radius 2 is 2.08 bits per heavy atom. The molecule has 3 rings (SSSR count). The van der Waals surface area contributed by atoms with Gasteiger partial charge in [-0.05, 0) is 56.9 Å². The van der Waals surface area contributed by atoms with E-state index < -0.39 is 0 Å². The molecule has 0 radical (unpaired) electrons. The van der Waals surface area contributed by atoms with Gasteiger partial charge in [0.1, 0.15) is 18.1 Å². The summed E-state index contributed by atoms with van der Waals surface area (Å²) in [6.07, 6.45) is 5.54. The molecule has 0 spiro atoms. The minimum absolute atomic E-state index is 0.151. The first-order valence-corrected chi connectivity index (χ1v) is 8.62. The average Bonchev–Trinajstić information content (AvgIpc) is 3.08. The highest BCUT2D eigenvalue weighted by atomic mass is 16.5. The second-order valence-electron chi connectivity index (χ2n) is 6.35. The van der Waals surface area contributed by atoms with Gasteiger partial charge < -0.3 is 19.2 Å². The lowest BCUT2D eigenvalue weighted by Crippen LogP contribution is -2.39. The van der Waals surface area contributed by atoms with E-state index in [0.29, 0.717) is 18.1 Å². The molecule has 0 bridgehead atoms. The summed E-state index contributed by atoms with van der Waals surface area (Å²) in [6, 6.07) is 7.43. The van der Waals surface area contributed by atoms with Gasteiger partial charge in [-0.3, -0.25) is 9.78 Å². The number of methoxy groups -OCH3 is 1. The van der Waals surface area contributed by atoms with Gasteiger partial charge in [0.05, 0.1) is 11.8 Å². The summed E-state index contributed by atoms with van der Waals surface area (Å²) in [5.74, 6) is 1.65. The average molecular weight is 344 g/mol. The number of carbonyl (C=O) groups excluding carboxylic acids is 1. The number of amides is 1. The lowest BCUT2D eigenvalue weighted by Gasteiger charge is -2.29. The highest BCUT2D eigenvalue weighted by Gasteiger charge is 2.25. The molecule has 1 saturated carbocycles. The summed E-state index contributed by atoms with van der Waals surface area (Å²) < 4.78 is 16.5. The summed E-state index contributed by atoms with van der Waals surface area (Å²) in [5.41, 5.74) is 0.905. The van der Waals surface area contributed by atoms with E-state index in [4.69, 9.17) is 13.9 Å². The molecular formula is C19H24N2O4. The zero-order chi connectivity index (χ0) is 17.6.